The number of Topliss-reactive ketones (excluding diaryl/α,β-unsaturated/α-hetero) is 1. The normalized spacial score (nSPS) is 10.3. The molecule has 0 spiro atoms. The second kappa shape index (κ2) is 7.53. The van der Waals surface area contributed by atoms with Gasteiger partial charge < -0.3 is 15.0 Å². The van der Waals surface area contributed by atoms with Gasteiger partial charge in [0.1, 0.15) is 18.1 Å². The first-order valence-electron chi connectivity index (χ1n) is 6.14. The summed E-state index contributed by atoms with van der Waals surface area (Å²) in [6, 6.07) is 7.13. The molecule has 0 saturated carbocycles. The zero-order chi connectivity index (χ0) is 14.3. The van der Waals surface area contributed by atoms with E-state index in [1.165, 1.54) is 6.92 Å². The Morgan fingerprint density at radius 2 is 2.05 bits per heavy atom. The van der Waals surface area contributed by atoms with E-state index in [1.54, 1.807) is 18.2 Å². The number of carbonyl (C=O) groups excluding carboxylic acids is 2. The van der Waals surface area contributed by atoms with E-state index in [2.05, 4.69) is 5.32 Å². The van der Waals surface area contributed by atoms with Crippen LogP contribution >= 0.6 is 0 Å². The fourth-order valence-corrected chi connectivity index (χ4v) is 1.44. The predicted octanol–water partition coefficient (Wildman–Crippen LogP) is 1.54. The number of rotatable bonds is 7. The van der Waals surface area contributed by atoms with Gasteiger partial charge in [0.05, 0.1) is 6.42 Å². The lowest BCUT2D eigenvalue weighted by Crippen LogP contribution is -2.19. The van der Waals surface area contributed by atoms with Crippen molar-refractivity contribution in [1.82, 2.24) is 4.90 Å². The molecule has 0 fully saturated rings. The first-order valence-corrected chi connectivity index (χ1v) is 6.14. The number of benzene rings is 1. The molecule has 1 amide bonds. The van der Waals surface area contributed by atoms with Gasteiger partial charge in [-0.05, 0) is 33.2 Å². The number of ether oxygens (including phenoxy) is 1. The van der Waals surface area contributed by atoms with Gasteiger partial charge >= 0.3 is 0 Å². The molecule has 0 unspecified atom stereocenters. The maximum atomic E-state index is 11.5. The van der Waals surface area contributed by atoms with Crippen LogP contribution < -0.4 is 10.1 Å². The molecule has 1 aromatic rings. The van der Waals surface area contributed by atoms with Gasteiger partial charge in [0.2, 0.25) is 5.91 Å². The number of anilines is 1. The molecule has 19 heavy (non-hydrogen) atoms. The Hall–Kier alpha value is -1.88. The molecular formula is C14H20N2O3. The molecule has 1 aromatic carbocycles. The number of nitrogens with zero attached hydrogens (tertiary/aromatic N) is 1. The van der Waals surface area contributed by atoms with E-state index in [0.717, 1.165) is 6.54 Å². The van der Waals surface area contributed by atoms with Crippen LogP contribution in [0.3, 0.4) is 0 Å². The highest BCUT2D eigenvalue weighted by Gasteiger charge is 2.06. The van der Waals surface area contributed by atoms with Crippen molar-refractivity contribution in [2.24, 2.45) is 0 Å². The van der Waals surface area contributed by atoms with Crippen LogP contribution in [0, 0.1) is 0 Å². The number of amides is 1. The molecule has 0 radical (unpaired) electrons. The standard InChI is InChI=1S/C14H20N2O3/c1-11(17)9-14(18)15-12-5-4-6-13(10-12)19-8-7-16(2)3/h4-6,10H,7-9H2,1-3H3,(H,15,18). The highest BCUT2D eigenvalue weighted by molar-refractivity contribution is 6.03. The van der Waals surface area contributed by atoms with E-state index in [0.29, 0.717) is 18.0 Å². The molecule has 0 bridgehead atoms. The van der Waals surface area contributed by atoms with Crippen LogP contribution in [0.5, 0.6) is 5.75 Å². The molecule has 104 valence electrons. The van der Waals surface area contributed by atoms with Crippen LogP contribution in [0.1, 0.15) is 13.3 Å². The molecule has 0 aliphatic rings. The number of carbonyl (C=O) groups is 2. The van der Waals surface area contributed by atoms with Crippen LogP contribution in [0.15, 0.2) is 24.3 Å². The molecule has 0 saturated heterocycles. The minimum absolute atomic E-state index is 0.105. The van der Waals surface area contributed by atoms with Gasteiger partial charge in [0.25, 0.3) is 0 Å². The second-order valence-electron chi connectivity index (χ2n) is 4.61. The topological polar surface area (TPSA) is 58.6 Å². The number of hydrogen-bond acceptors (Lipinski definition) is 4. The van der Waals surface area contributed by atoms with Crippen molar-refractivity contribution in [3.8, 4) is 5.75 Å². The minimum Gasteiger partial charge on any atom is -0.492 e. The molecule has 1 N–H and O–H groups in total. The zero-order valence-electron chi connectivity index (χ0n) is 11.6. The molecule has 1 rings (SSSR count). The van der Waals surface area contributed by atoms with Gasteiger partial charge in [-0.2, -0.15) is 0 Å². The highest BCUT2D eigenvalue weighted by atomic mass is 16.5. The van der Waals surface area contributed by atoms with Crippen molar-refractivity contribution >= 4 is 17.4 Å². The first kappa shape index (κ1) is 15.2. The molecule has 5 heteroatoms. The maximum absolute atomic E-state index is 11.5. The average molecular weight is 264 g/mol. The van der Waals surface area contributed by atoms with E-state index in [1.807, 2.05) is 25.1 Å². The Balaban J connectivity index is 2.52. The quantitative estimate of drug-likeness (QED) is 0.759. The van der Waals surface area contributed by atoms with Crippen molar-refractivity contribution in [2.75, 3.05) is 32.6 Å². The largest absolute Gasteiger partial charge is 0.492 e. The van der Waals surface area contributed by atoms with Crippen molar-refractivity contribution in [1.29, 1.82) is 0 Å². The van der Waals surface area contributed by atoms with E-state index in [4.69, 9.17) is 4.74 Å². The summed E-state index contributed by atoms with van der Waals surface area (Å²) >= 11 is 0. The zero-order valence-corrected chi connectivity index (χ0v) is 11.6. The average Bonchev–Trinajstić information content (AvgIpc) is 2.27. The molecular weight excluding hydrogens is 244 g/mol. The third-order valence-corrected chi connectivity index (χ3v) is 2.33. The van der Waals surface area contributed by atoms with Crippen molar-refractivity contribution < 1.29 is 14.3 Å². The maximum Gasteiger partial charge on any atom is 0.231 e. The number of nitrogens with one attached hydrogen (secondary N) is 1. The molecule has 0 aromatic heterocycles. The van der Waals surface area contributed by atoms with Gasteiger partial charge in [0, 0.05) is 18.3 Å². The molecule has 0 heterocycles. The van der Waals surface area contributed by atoms with Crippen LogP contribution in [0.2, 0.25) is 0 Å². The van der Waals surface area contributed by atoms with Gasteiger partial charge in [-0.25, -0.2) is 0 Å². The minimum atomic E-state index is -0.307. The monoisotopic (exact) mass is 264 g/mol. The number of ketones is 1. The van der Waals surface area contributed by atoms with Gasteiger partial charge in [-0.1, -0.05) is 6.07 Å². The van der Waals surface area contributed by atoms with Gasteiger partial charge in [0.15, 0.2) is 0 Å². The molecule has 5 nitrogen and oxygen atoms in total. The van der Waals surface area contributed by atoms with E-state index < -0.39 is 0 Å². The smallest absolute Gasteiger partial charge is 0.231 e. The Bertz CT molecular complexity index is 444. The van der Waals surface area contributed by atoms with Crippen LogP contribution in [-0.2, 0) is 9.59 Å². The number of likely N-dealkylation sites (N-methyl/N-ethyl adjacent to an activating group) is 1. The summed E-state index contributed by atoms with van der Waals surface area (Å²) in [5.74, 6) is 0.233. The second-order valence-corrected chi connectivity index (χ2v) is 4.61. The van der Waals surface area contributed by atoms with Crippen LogP contribution in [0.4, 0.5) is 5.69 Å². The van der Waals surface area contributed by atoms with Crippen LogP contribution in [-0.4, -0.2) is 43.8 Å². The van der Waals surface area contributed by atoms with Gasteiger partial charge in [-0.15, -0.1) is 0 Å². The Morgan fingerprint density at radius 1 is 1.32 bits per heavy atom. The van der Waals surface area contributed by atoms with Crippen molar-refractivity contribution in [3.05, 3.63) is 24.3 Å². The van der Waals surface area contributed by atoms with Crippen molar-refractivity contribution in [3.63, 3.8) is 0 Å². The van der Waals surface area contributed by atoms with Crippen molar-refractivity contribution in [2.45, 2.75) is 13.3 Å². The summed E-state index contributed by atoms with van der Waals surface area (Å²) in [5, 5.41) is 2.66. The summed E-state index contributed by atoms with van der Waals surface area (Å²) < 4.78 is 5.56. The summed E-state index contributed by atoms with van der Waals surface area (Å²) in [7, 11) is 3.95. The fourth-order valence-electron chi connectivity index (χ4n) is 1.44. The summed E-state index contributed by atoms with van der Waals surface area (Å²) in [4.78, 5) is 24.3. The molecule has 0 atom stereocenters. The third-order valence-electron chi connectivity index (χ3n) is 2.33. The summed E-state index contributed by atoms with van der Waals surface area (Å²) in [5.41, 5.74) is 0.633. The molecule has 0 aliphatic heterocycles. The van der Waals surface area contributed by atoms with E-state index >= 15 is 0 Å². The Morgan fingerprint density at radius 3 is 2.68 bits per heavy atom. The Kier molecular flexibility index (Phi) is 6.02. The Labute approximate surface area is 113 Å². The fraction of sp³-hybridized carbons (Fsp3) is 0.429. The summed E-state index contributed by atoms with van der Waals surface area (Å²) in [6.07, 6.45) is -0.105. The van der Waals surface area contributed by atoms with Gasteiger partial charge in [-0.3, -0.25) is 9.59 Å². The van der Waals surface area contributed by atoms with Crippen LogP contribution in [0.25, 0.3) is 0 Å². The van der Waals surface area contributed by atoms with E-state index in [9.17, 15) is 9.59 Å². The predicted molar refractivity (Wildman–Crippen MR) is 74.4 cm³/mol. The SMILES string of the molecule is CC(=O)CC(=O)Nc1cccc(OCCN(C)C)c1. The molecule has 0 aliphatic carbocycles. The highest BCUT2D eigenvalue weighted by Crippen LogP contribution is 2.17. The number of hydrogen-bond donors (Lipinski definition) is 1. The third kappa shape index (κ3) is 6.57. The lowest BCUT2D eigenvalue weighted by molar-refractivity contribution is -0.124. The van der Waals surface area contributed by atoms with E-state index in [-0.39, 0.29) is 18.1 Å². The lowest BCUT2D eigenvalue weighted by atomic mass is 10.2. The lowest BCUT2D eigenvalue weighted by Gasteiger charge is -2.12. The first-order chi connectivity index (χ1) is 8.97. The summed E-state index contributed by atoms with van der Waals surface area (Å²) in [6.45, 7) is 2.79.